The molecular weight excluding hydrogens is 324 g/mol. The molecule has 1 N–H and O–H groups in total. The van der Waals surface area contributed by atoms with Gasteiger partial charge in [-0.2, -0.15) is 0 Å². The summed E-state index contributed by atoms with van der Waals surface area (Å²) in [6.07, 6.45) is -1.77. The van der Waals surface area contributed by atoms with Crippen LogP contribution in [-0.4, -0.2) is 36.8 Å². The van der Waals surface area contributed by atoms with Crippen molar-refractivity contribution in [1.29, 1.82) is 0 Å². The SMILES string of the molecule is CC(=O)OC[C@H]1O[C@H]2C[C@H](Nc3cc(F)cc(F)c32)[C@@H]1OC(C)=O. The number of fused-ring (bicyclic) bond motifs is 4. The number of anilines is 1. The quantitative estimate of drug-likeness (QED) is 0.849. The van der Waals surface area contributed by atoms with Gasteiger partial charge in [-0.3, -0.25) is 9.59 Å². The lowest BCUT2D eigenvalue weighted by Gasteiger charge is -2.45. The molecule has 8 heteroatoms. The average Bonchev–Trinajstić information content (AvgIpc) is 2.46. The van der Waals surface area contributed by atoms with Gasteiger partial charge in [0.25, 0.3) is 0 Å². The summed E-state index contributed by atoms with van der Waals surface area (Å²) in [5, 5.41) is 3.01. The van der Waals surface area contributed by atoms with E-state index in [4.69, 9.17) is 14.2 Å². The van der Waals surface area contributed by atoms with Crippen molar-refractivity contribution in [2.45, 2.75) is 44.6 Å². The van der Waals surface area contributed by atoms with Crippen LogP contribution in [0.4, 0.5) is 14.5 Å². The van der Waals surface area contributed by atoms with Gasteiger partial charge in [-0.15, -0.1) is 0 Å². The van der Waals surface area contributed by atoms with Crippen LogP contribution in [0.15, 0.2) is 12.1 Å². The van der Waals surface area contributed by atoms with Crippen molar-refractivity contribution >= 4 is 17.6 Å². The predicted molar refractivity (Wildman–Crippen MR) is 78.2 cm³/mol. The van der Waals surface area contributed by atoms with Crippen LogP contribution in [-0.2, 0) is 23.8 Å². The lowest BCUT2D eigenvalue weighted by molar-refractivity contribution is -0.185. The zero-order chi connectivity index (χ0) is 17.4. The van der Waals surface area contributed by atoms with Crippen molar-refractivity contribution in [1.82, 2.24) is 0 Å². The standard InChI is InChI=1S/C16H17F2NO5/c1-7(20)22-6-14-16(23-8(2)21)12-5-13(24-14)15-10(18)3-9(17)4-11(15)19-12/h3-4,12-14,16,19H,5-6H2,1-2H3/t12-,13-,14+,16-/m0/s1. The fourth-order valence-corrected chi connectivity index (χ4v) is 3.21. The normalized spacial score (nSPS) is 27.7. The van der Waals surface area contributed by atoms with Crippen molar-refractivity contribution < 1.29 is 32.6 Å². The van der Waals surface area contributed by atoms with Crippen molar-refractivity contribution in [3.8, 4) is 0 Å². The van der Waals surface area contributed by atoms with Crippen LogP contribution in [0, 0.1) is 11.6 Å². The van der Waals surface area contributed by atoms with E-state index in [-0.39, 0.29) is 17.9 Å². The maximum Gasteiger partial charge on any atom is 0.303 e. The van der Waals surface area contributed by atoms with Crippen LogP contribution in [0.25, 0.3) is 0 Å². The molecule has 130 valence electrons. The van der Waals surface area contributed by atoms with Crippen LogP contribution in [0.1, 0.15) is 31.9 Å². The van der Waals surface area contributed by atoms with Crippen molar-refractivity contribution in [3.05, 3.63) is 29.3 Å². The molecule has 6 nitrogen and oxygen atoms in total. The molecule has 3 rings (SSSR count). The first-order chi connectivity index (χ1) is 11.3. The fraction of sp³-hybridized carbons (Fsp3) is 0.500. The zero-order valence-electron chi connectivity index (χ0n) is 13.2. The van der Waals surface area contributed by atoms with E-state index in [0.717, 1.165) is 6.07 Å². The Morgan fingerprint density at radius 2 is 2.04 bits per heavy atom. The molecule has 4 atom stereocenters. The monoisotopic (exact) mass is 341 g/mol. The van der Waals surface area contributed by atoms with Crippen molar-refractivity contribution in [2.75, 3.05) is 11.9 Å². The van der Waals surface area contributed by atoms with Gasteiger partial charge in [-0.25, -0.2) is 8.78 Å². The van der Waals surface area contributed by atoms with Crippen LogP contribution in [0.3, 0.4) is 0 Å². The topological polar surface area (TPSA) is 73.9 Å². The van der Waals surface area contributed by atoms with E-state index in [1.165, 1.54) is 19.9 Å². The molecule has 0 radical (unpaired) electrons. The van der Waals surface area contributed by atoms with Crippen LogP contribution >= 0.6 is 0 Å². The molecule has 2 heterocycles. The first-order valence-electron chi connectivity index (χ1n) is 7.56. The predicted octanol–water partition coefficient (Wildman–Crippen LogP) is 2.08. The summed E-state index contributed by atoms with van der Waals surface area (Å²) in [5.74, 6) is -2.44. The average molecular weight is 341 g/mol. The van der Waals surface area contributed by atoms with Gasteiger partial charge in [0.15, 0.2) is 6.10 Å². The maximum atomic E-state index is 14.1. The molecular formula is C16H17F2NO5. The Hall–Kier alpha value is -2.22. The molecule has 1 aromatic carbocycles. The van der Waals surface area contributed by atoms with E-state index < -0.39 is 47.9 Å². The Bertz CT molecular complexity index is 681. The number of hydrogen-bond acceptors (Lipinski definition) is 6. The van der Waals surface area contributed by atoms with Crippen molar-refractivity contribution in [2.24, 2.45) is 0 Å². The highest BCUT2D eigenvalue weighted by Gasteiger charge is 2.46. The summed E-state index contributed by atoms with van der Waals surface area (Å²) in [7, 11) is 0. The van der Waals surface area contributed by atoms with E-state index >= 15 is 0 Å². The lowest BCUT2D eigenvalue weighted by atomic mass is 9.86. The molecule has 0 aromatic heterocycles. The second-order valence-corrected chi connectivity index (χ2v) is 5.88. The number of hydrogen-bond donors (Lipinski definition) is 1. The molecule has 1 aromatic rings. The molecule has 0 aliphatic carbocycles. The molecule has 1 fully saturated rings. The number of carbonyl (C=O) groups is 2. The molecule has 2 aliphatic heterocycles. The summed E-state index contributed by atoms with van der Waals surface area (Å²) in [5.41, 5.74) is 0.499. The van der Waals surface area contributed by atoms with Gasteiger partial charge in [0.05, 0.1) is 12.1 Å². The largest absolute Gasteiger partial charge is 0.463 e. The number of carbonyl (C=O) groups excluding carboxylic acids is 2. The highest BCUT2D eigenvalue weighted by atomic mass is 19.1. The minimum absolute atomic E-state index is 0.125. The number of halogens is 2. The molecule has 2 bridgehead atoms. The zero-order valence-corrected chi connectivity index (χ0v) is 13.2. The van der Waals surface area contributed by atoms with E-state index in [2.05, 4.69) is 5.32 Å². The van der Waals surface area contributed by atoms with Crippen LogP contribution < -0.4 is 5.32 Å². The first-order valence-corrected chi connectivity index (χ1v) is 7.56. The van der Waals surface area contributed by atoms with Gasteiger partial charge >= 0.3 is 11.9 Å². The Balaban J connectivity index is 1.91. The van der Waals surface area contributed by atoms with Gasteiger partial charge in [0.1, 0.15) is 24.3 Å². The summed E-state index contributed by atoms with van der Waals surface area (Å²) in [6, 6.07) is 1.57. The highest BCUT2D eigenvalue weighted by molar-refractivity contribution is 5.67. The van der Waals surface area contributed by atoms with Gasteiger partial charge in [0.2, 0.25) is 0 Å². The number of nitrogens with one attached hydrogen (secondary N) is 1. The van der Waals surface area contributed by atoms with Crippen LogP contribution in [0.2, 0.25) is 0 Å². The Morgan fingerprint density at radius 1 is 1.29 bits per heavy atom. The van der Waals surface area contributed by atoms with Crippen molar-refractivity contribution in [3.63, 3.8) is 0 Å². The number of benzene rings is 1. The molecule has 0 unspecified atom stereocenters. The van der Waals surface area contributed by atoms with Gasteiger partial charge in [-0.1, -0.05) is 0 Å². The Labute approximate surface area is 137 Å². The lowest BCUT2D eigenvalue weighted by Crippen LogP contribution is -2.55. The Morgan fingerprint density at radius 3 is 2.71 bits per heavy atom. The molecule has 1 saturated heterocycles. The second kappa shape index (κ2) is 6.35. The second-order valence-electron chi connectivity index (χ2n) is 5.88. The van der Waals surface area contributed by atoms with E-state index in [1.807, 2.05) is 0 Å². The van der Waals surface area contributed by atoms with Gasteiger partial charge in [-0.05, 0) is 6.07 Å². The Kier molecular flexibility index (Phi) is 4.40. The first kappa shape index (κ1) is 16.6. The van der Waals surface area contributed by atoms with E-state index in [1.54, 1.807) is 0 Å². The smallest absolute Gasteiger partial charge is 0.303 e. The third kappa shape index (κ3) is 3.19. The number of ether oxygens (including phenoxy) is 3. The maximum absolute atomic E-state index is 14.1. The van der Waals surface area contributed by atoms with Gasteiger partial charge in [0, 0.05) is 37.6 Å². The molecule has 24 heavy (non-hydrogen) atoms. The summed E-state index contributed by atoms with van der Waals surface area (Å²) < 4.78 is 43.7. The molecule has 0 amide bonds. The fourth-order valence-electron chi connectivity index (χ4n) is 3.21. The van der Waals surface area contributed by atoms with E-state index in [9.17, 15) is 18.4 Å². The minimum atomic E-state index is -0.744. The summed E-state index contributed by atoms with van der Waals surface area (Å²) >= 11 is 0. The molecule has 2 aliphatic rings. The minimum Gasteiger partial charge on any atom is -0.463 e. The summed E-state index contributed by atoms with van der Waals surface area (Å²) in [4.78, 5) is 22.4. The summed E-state index contributed by atoms with van der Waals surface area (Å²) in [6.45, 7) is 2.38. The van der Waals surface area contributed by atoms with Crippen LogP contribution in [0.5, 0.6) is 0 Å². The third-order valence-electron chi connectivity index (χ3n) is 4.08. The number of rotatable bonds is 3. The van der Waals surface area contributed by atoms with E-state index in [0.29, 0.717) is 6.42 Å². The van der Waals surface area contributed by atoms with Gasteiger partial charge < -0.3 is 19.5 Å². The third-order valence-corrected chi connectivity index (χ3v) is 4.08. The number of esters is 2. The highest BCUT2D eigenvalue weighted by Crippen LogP contribution is 2.43. The molecule has 0 spiro atoms. The molecule has 0 saturated carbocycles.